The molecule has 0 aliphatic carbocycles. The lowest BCUT2D eigenvalue weighted by Crippen LogP contribution is -2.30. The fraction of sp³-hybridized carbons (Fsp3) is 0.783. The number of carbonyl (C=O) groups excluding carboxylic acids is 3. The number of carbonyl (C=O) groups is 3. The van der Waals surface area contributed by atoms with Gasteiger partial charge in [0.15, 0.2) is 6.10 Å². The lowest BCUT2D eigenvalue weighted by Gasteiger charge is -2.18. The lowest BCUT2D eigenvalue weighted by atomic mass is 10.1. The van der Waals surface area contributed by atoms with Crippen LogP contribution in [0.5, 0.6) is 0 Å². The molecule has 0 aliphatic heterocycles. The van der Waals surface area contributed by atoms with Crippen molar-refractivity contribution in [2.24, 2.45) is 0 Å². The summed E-state index contributed by atoms with van der Waals surface area (Å²) in [4.78, 5) is 38.1. The first-order valence-corrected chi connectivity index (χ1v) is 28.3. The number of allylic oxidation sites excluding steroid dienone is 10. The highest BCUT2D eigenvalue weighted by Crippen LogP contribution is 2.15. The highest BCUT2D eigenvalue weighted by molar-refractivity contribution is 5.71. The predicted octanol–water partition coefficient (Wildman–Crippen LogP) is 18.8. The molecule has 0 N–H and O–H groups in total. The molecule has 382 valence electrons. The van der Waals surface area contributed by atoms with Crippen LogP contribution in [0.2, 0.25) is 0 Å². The minimum atomic E-state index is -0.787. The molecule has 0 fully saturated rings. The Morgan fingerprint density at radius 3 is 0.894 bits per heavy atom. The van der Waals surface area contributed by atoms with Crippen LogP contribution in [0, 0.1) is 0 Å². The first kappa shape index (κ1) is 63.1. The standard InChI is InChI=1S/C60H106O6/c1-4-7-10-13-16-19-22-25-28-30-32-35-38-41-44-47-50-53-59(62)65-56-57(55-64-58(61)52-49-46-43-40-37-34-27-24-21-18-15-12-9-6-3)66-60(63)54-51-48-45-42-39-36-33-31-29-26-23-20-17-14-11-8-5-2/h16-17,19-20,25-26,28-29,34,37,57H,4-15,18,21-24,27,30-33,35-36,38-56H2,1-3H3/b19-16-,20-17-,28-25-,29-26-,37-34-. The lowest BCUT2D eigenvalue weighted by molar-refractivity contribution is -0.167. The largest absolute Gasteiger partial charge is 0.462 e. The number of rotatable bonds is 51. The molecule has 1 unspecified atom stereocenters. The van der Waals surface area contributed by atoms with Crippen molar-refractivity contribution in [1.82, 2.24) is 0 Å². The minimum absolute atomic E-state index is 0.0856. The first-order chi connectivity index (χ1) is 32.5. The Balaban J connectivity index is 4.41. The summed E-state index contributed by atoms with van der Waals surface area (Å²) >= 11 is 0. The van der Waals surface area contributed by atoms with Crippen LogP contribution in [0.4, 0.5) is 0 Å². The van der Waals surface area contributed by atoms with Crippen LogP contribution in [0.15, 0.2) is 60.8 Å². The number of unbranched alkanes of at least 4 members (excludes halogenated alkanes) is 30. The minimum Gasteiger partial charge on any atom is -0.462 e. The van der Waals surface area contributed by atoms with Gasteiger partial charge in [-0.3, -0.25) is 14.4 Å². The van der Waals surface area contributed by atoms with Crippen molar-refractivity contribution in [3.05, 3.63) is 60.8 Å². The van der Waals surface area contributed by atoms with Crippen LogP contribution >= 0.6 is 0 Å². The maximum Gasteiger partial charge on any atom is 0.306 e. The third kappa shape index (κ3) is 52.1. The van der Waals surface area contributed by atoms with Crippen molar-refractivity contribution in [2.75, 3.05) is 13.2 Å². The van der Waals surface area contributed by atoms with Gasteiger partial charge in [-0.2, -0.15) is 0 Å². The molecule has 66 heavy (non-hydrogen) atoms. The molecule has 0 heterocycles. The predicted molar refractivity (Wildman–Crippen MR) is 284 cm³/mol. The summed E-state index contributed by atoms with van der Waals surface area (Å²) in [6.45, 7) is 6.58. The molecular formula is C60H106O6. The molecule has 0 saturated heterocycles. The molecule has 0 aromatic carbocycles. The molecule has 0 bridgehead atoms. The van der Waals surface area contributed by atoms with Gasteiger partial charge in [0, 0.05) is 19.3 Å². The smallest absolute Gasteiger partial charge is 0.306 e. The van der Waals surface area contributed by atoms with E-state index in [0.29, 0.717) is 19.3 Å². The summed E-state index contributed by atoms with van der Waals surface area (Å²) in [5.41, 5.74) is 0. The molecule has 6 heteroatoms. The molecule has 0 amide bonds. The van der Waals surface area contributed by atoms with Gasteiger partial charge in [-0.15, -0.1) is 0 Å². The van der Waals surface area contributed by atoms with Gasteiger partial charge in [-0.25, -0.2) is 0 Å². The summed E-state index contributed by atoms with van der Waals surface area (Å²) in [6, 6.07) is 0. The van der Waals surface area contributed by atoms with E-state index in [1.54, 1.807) is 0 Å². The molecule has 0 saturated carbocycles. The molecule has 0 spiro atoms. The third-order valence-corrected chi connectivity index (χ3v) is 12.2. The second-order valence-corrected chi connectivity index (χ2v) is 18.8. The van der Waals surface area contributed by atoms with Crippen molar-refractivity contribution >= 4 is 17.9 Å². The van der Waals surface area contributed by atoms with Gasteiger partial charge in [0.1, 0.15) is 13.2 Å². The van der Waals surface area contributed by atoms with Gasteiger partial charge in [0.25, 0.3) is 0 Å². The van der Waals surface area contributed by atoms with Crippen molar-refractivity contribution in [1.29, 1.82) is 0 Å². The highest BCUT2D eigenvalue weighted by atomic mass is 16.6. The number of ether oxygens (including phenoxy) is 3. The zero-order valence-electron chi connectivity index (χ0n) is 43.7. The average Bonchev–Trinajstić information content (AvgIpc) is 3.31. The van der Waals surface area contributed by atoms with Crippen LogP contribution in [0.25, 0.3) is 0 Å². The highest BCUT2D eigenvalue weighted by Gasteiger charge is 2.19. The van der Waals surface area contributed by atoms with E-state index < -0.39 is 6.10 Å². The van der Waals surface area contributed by atoms with Crippen LogP contribution in [0.1, 0.15) is 284 Å². The molecule has 0 aromatic rings. The van der Waals surface area contributed by atoms with E-state index in [0.717, 1.165) is 96.3 Å². The van der Waals surface area contributed by atoms with Crippen molar-refractivity contribution in [2.45, 2.75) is 290 Å². The molecule has 0 rings (SSSR count). The Bertz CT molecular complexity index is 1200. The summed E-state index contributed by atoms with van der Waals surface area (Å²) in [5, 5.41) is 0. The van der Waals surface area contributed by atoms with E-state index in [1.807, 2.05) is 0 Å². The monoisotopic (exact) mass is 923 g/mol. The zero-order valence-corrected chi connectivity index (χ0v) is 43.7. The van der Waals surface area contributed by atoms with Crippen molar-refractivity contribution < 1.29 is 28.6 Å². The van der Waals surface area contributed by atoms with E-state index in [1.165, 1.54) is 148 Å². The maximum absolute atomic E-state index is 12.8. The molecule has 6 nitrogen and oxygen atoms in total. The Morgan fingerprint density at radius 1 is 0.303 bits per heavy atom. The summed E-state index contributed by atoms with van der Waals surface area (Å²) in [6.07, 6.45) is 67.7. The number of hydrogen-bond donors (Lipinski definition) is 0. The average molecular weight is 924 g/mol. The summed E-state index contributed by atoms with van der Waals surface area (Å²) in [5.74, 6) is -0.908. The molecule has 0 aliphatic rings. The van der Waals surface area contributed by atoms with Crippen LogP contribution in [-0.2, 0) is 28.6 Å². The summed E-state index contributed by atoms with van der Waals surface area (Å²) in [7, 11) is 0. The second kappa shape index (κ2) is 54.7. The van der Waals surface area contributed by atoms with E-state index in [4.69, 9.17) is 14.2 Å². The fourth-order valence-electron chi connectivity index (χ4n) is 7.91. The van der Waals surface area contributed by atoms with E-state index >= 15 is 0 Å². The van der Waals surface area contributed by atoms with Crippen LogP contribution in [0.3, 0.4) is 0 Å². The maximum atomic E-state index is 12.8. The third-order valence-electron chi connectivity index (χ3n) is 12.2. The van der Waals surface area contributed by atoms with E-state index in [2.05, 4.69) is 81.5 Å². The quantitative estimate of drug-likeness (QED) is 0.0262. The van der Waals surface area contributed by atoms with Gasteiger partial charge in [-0.1, -0.05) is 216 Å². The van der Waals surface area contributed by atoms with Crippen molar-refractivity contribution in [3.8, 4) is 0 Å². The Morgan fingerprint density at radius 2 is 0.545 bits per heavy atom. The zero-order chi connectivity index (χ0) is 47.9. The Labute approximate surface area is 409 Å². The second-order valence-electron chi connectivity index (χ2n) is 18.8. The van der Waals surface area contributed by atoms with Gasteiger partial charge < -0.3 is 14.2 Å². The Kier molecular flexibility index (Phi) is 52.3. The molecule has 0 radical (unpaired) electrons. The van der Waals surface area contributed by atoms with Gasteiger partial charge in [0.05, 0.1) is 0 Å². The van der Waals surface area contributed by atoms with Crippen LogP contribution < -0.4 is 0 Å². The van der Waals surface area contributed by atoms with Gasteiger partial charge >= 0.3 is 17.9 Å². The number of esters is 3. The summed E-state index contributed by atoms with van der Waals surface area (Å²) < 4.78 is 16.8. The normalized spacial score (nSPS) is 12.5. The van der Waals surface area contributed by atoms with Crippen molar-refractivity contribution in [3.63, 3.8) is 0 Å². The van der Waals surface area contributed by atoms with Gasteiger partial charge in [0.2, 0.25) is 0 Å². The first-order valence-electron chi connectivity index (χ1n) is 28.3. The molecule has 1 atom stereocenters. The number of hydrogen-bond acceptors (Lipinski definition) is 6. The Hall–Kier alpha value is -2.89. The van der Waals surface area contributed by atoms with E-state index in [-0.39, 0.29) is 31.1 Å². The van der Waals surface area contributed by atoms with E-state index in [9.17, 15) is 14.4 Å². The molecule has 0 aromatic heterocycles. The van der Waals surface area contributed by atoms with Gasteiger partial charge in [-0.05, 0) is 109 Å². The fourth-order valence-corrected chi connectivity index (χ4v) is 7.91. The topological polar surface area (TPSA) is 78.9 Å². The van der Waals surface area contributed by atoms with Crippen LogP contribution in [-0.4, -0.2) is 37.2 Å². The SMILES string of the molecule is CCCCC/C=C\C/C=C\CCCCCCCCCC(=O)OCC(COC(=O)CCCCC/C=C\CCCCCCCCC)OC(=O)CCCCCCCCC/C=C\C/C=C\CCCCC. The molecular weight excluding hydrogens is 817 g/mol.